The van der Waals surface area contributed by atoms with Crippen LogP contribution in [0.1, 0.15) is 26.0 Å². The zero-order chi connectivity index (χ0) is 22.2. The van der Waals surface area contributed by atoms with E-state index in [9.17, 15) is 9.59 Å². The third-order valence-corrected chi connectivity index (χ3v) is 4.41. The van der Waals surface area contributed by atoms with Crippen LogP contribution in [0.25, 0.3) is 11.0 Å². The van der Waals surface area contributed by atoms with Crippen molar-refractivity contribution in [3.05, 3.63) is 64.5 Å². The van der Waals surface area contributed by atoms with Crippen LogP contribution in [0.2, 0.25) is 0 Å². The summed E-state index contributed by atoms with van der Waals surface area (Å²) in [5, 5.41) is 3.15. The lowest BCUT2D eigenvalue weighted by molar-refractivity contribution is -0.123. The quantitative estimate of drug-likeness (QED) is 0.490. The topological polar surface area (TPSA) is 87.0 Å². The minimum Gasteiger partial charge on any atom is -0.484 e. The van der Waals surface area contributed by atoms with Gasteiger partial charge in [-0.1, -0.05) is 18.2 Å². The minimum absolute atomic E-state index is 0.130. The SMILES string of the molecule is Cc1oc2cc(OCC(=O)NCCCOC(C)C)ccc2c(=O)c1Oc1ccccc1. The summed E-state index contributed by atoms with van der Waals surface area (Å²) < 4.78 is 22.5. The molecule has 0 radical (unpaired) electrons. The Hall–Kier alpha value is -3.32. The lowest BCUT2D eigenvalue weighted by Gasteiger charge is -2.11. The molecule has 1 aromatic heterocycles. The van der Waals surface area contributed by atoms with Crippen LogP contribution in [-0.2, 0) is 9.53 Å². The number of nitrogens with one attached hydrogen (secondary N) is 1. The highest BCUT2D eigenvalue weighted by Gasteiger charge is 2.15. The molecule has 0 saturated heterocycles. The van der Waals surface area contributed by atoms with Crippen molar-refractivity contribution >= 4 is 16.9 Å². The van der Waals surface area contributed by atoms with E-state index in [0.717, 1.165) is 6.42 Å². The molecule has 0 aliphatic rings. The maximum Gasteiger partial charge on any atom is 0.257 e. The third-order valence-electron chi connectivity index (χ3n) is 4.41. The van der Waals surface area contributed by atoms with Crippen LogP contribution in [0.5, 0.6) is 17.2 Å². The van der Waals surface area contributed by atoms with E-state index in [1.165, 1.54) is 0 Å². The summed E-state index contributed by atoms with van der Waals surface area (Å²) in [6.45, 7) is 6.59. The van der Waals surface area contributed by atoms with E-state index in [1.54, 1.807) is 37.3 Å². The number of carbonyl (C=O) groups excluding carboxylic acids is 1. The number of ether oxygens (including phenoxy) is 3. The number of hydrogen-bond donors (Lipinski definition) is 1. The Morgan fingerprint density at radius 2 is 1.87 bits per heavy atom. The highest BCUT2D eigenvalue weighted by atomic mass is 16.5. The van der Waals surface area contributed by atoms with Gasteiger partial charge in [0.25, 0.3) is 5.91 Å². The van der Waals surface area contributed by atoms with Gasteiger partial charge in [0.1, 0.15) is 22.8 Å². The van der Waals surface area contributed by atoms with Gasteiger partial charge in [-0.15, -0.1) is 0 Å². The molecule has 0 unspecified atom stereocenters. The molecule has 0 fully saturated rings. The van der Waals surface area contributed by atoms with Crippen molar-refractivity contribution in [1.82, 2.24) is 5.32 Å². The van der Waals surface area contributed by atoms with Gasteiger partial charge in [0.2, 0.25) is 11.2 Å². The zero-order valence-electron chi connectivity index (χ0n) is 18.0. The predicted molar refractivity (Wildman–Crippen MR) is 118 cm³/mol. The fraction of sp³-hybridized carbons (Fsp3) is 0.333. The largest absolute Gasteiger partial charge is 0.484 e. The van der Waals surface area contributed by atoms with E-state index >= 15 is 0 Å². The molecule has 7 heteroatoms. The number of fused-ring (bicyclic) bond motifs is 1. The third kappa shape index (κ3) is 6.33. The van der Waals surface area contributed by atoms with Crippen LogP contribution >= 0.6 is 0 Å². The Morgan fingerprint density at radius 3 is 2.61 bits per heavy atom. The predicted octanol–water partition coefficient (Wildman–Crippen LogP) is 4.20. The molecule has 0 atom stereocenters. The van der Waals surface area contributed by atoms with Crippen LogP contribution in [-0.4, -0.2) is 31.8 Å². The van der Waals surface area contributed by atoms with Crippen LogP contribution < -0.4 is 20.2 Å². The first kappa shape index (κ1) is 22.4. The lowest BCUT2D eigenvalue weighted by Crippen LogP contribution is -2.30. The number of rotatable bonds is 10. The smallest absolute Gasteiger partial charge is 0.257 e. The normalized spacial score (nSPS) is 11.0. The number of para-hydroxylation sites is 1. The lowest BCUT2D eigenvalue weighted by atomic mass is 10.2. The maximum absolute atomic E-state index is 12.8. The van der Waals surface area contributed by atoms with Gasteiger partial charge in [-0.25, -0.2) is 0 Å². The highest BCUT2D eigenvalue weighted by molar-refractivity contribution is 5.80. The summed E-state index contributed by atoms with van der Waals surface area (Å²) in [6, 6.07) is 13.9. The van der Waals surface area contributed by atoms with Crippen LogP contribution in [0.4, 0.5) is 0 Å². The van der Waals surface area contributed by atoms with Crippen molar-refractivity contribution in [2.24, 2.45) is 0 Å². The standard InChI is InChI=1S/C24H27NO6/c1-16(2)28-13-7-12-25-22(26)15-29-19-10-11-20-21(14-19)30-17(3)24(23(20)27)31-18-8-5-4-6-9-18/h4-6,8-11,14,16H,7,12-13,15H2,1-3H3,(H,25,26). The Balaban J connectivity index is 1.62. The average Bonchev–Trinajstić information content (AvgIpc) is 2.75. The van der Waals surface area contributed by atoms with Gasteiger partial charge in [-0.05, 0) is 51.5 Å². The first-order valence-corrected chi connectivity index (χ1v) is 10.3. The second-order valence-corrected chi connectivity index (χ2v) is 7.30. The van der Waals surface area contributed by atoms with E-state index < -0.39 is 0 Å². The Kier molecular flexibility index (Phi) is 7.67. The first-order chi connectivity index (χ1) is 14.9. The van der Waals surface area contributed by atoms with Crippen molar-refractivity contribution in [2.75, 3.05) is 19.8 Å². The molecule has 0 bridgehead atoms. The van der Waals surface area contributed by atoms with Gasteiger partial charge in [0, 0.05) is 19.2 Å². The van der Waals surface area contributed by atoms with Gasteiger partial charge in [-0.3, -0.25) is 9.59 Å². The van der Waals surface area contributed by atoms with E-state index in [4.69, 9.17) is 18.6 Å². The average molecular weight is 425 g/mol. The zero-order valence-corrected chi connectivity index (χ0v) is 18.0. The molecule has 3 aromatic rings. The van der Waals surface area contributed by atoms with Crippen molar-refractivity contribution in [2.45, 2.75) is 33.3 Å². The number of carbonyl (C=O) groups is 1. The molecule has 0 aliphatic carbocycles. The summed E-state index contributed by atoms with van der Waals surface area (Å²) >= 11 is 0. The molecule has 3 rings (SSSR count). The number of amides is 1. The Bertz CT molecular complexity index is 1070. The monoisotopic (exact) mass is 425 g/mol. The van der Waals surface area contributed by atoms with E-state index in [0.29, 0.717) is 41.4 Å². The highest BCUT2D eigenvalue weighted by Crippen LogP contribution is 2.27. The molecule has 7 nitrogen and oxygen atoms in total. The summed E-state index contributed by atoms with van der Waals surface area (Å²) in [7, 11) is 0. The molecule has 31 heavy (non-hydrogen) atoms. The molecule has 0 saturated carbocycles. The van der Waals surface area contributed by atoms with Gasteiger partial charge >= 0.3 is 0 Å². The molecule has 2 aromatic carbocycles. The van der Waals surface area contributed by atoms with Crippen molar-refractivity contribution in [3.63, 3.8) is 0 Å². The first-order valence-electron chi connectivity index (χ1n) is 10.3. The fourth-order valence-corrected chi connectivity index (χ4v) is 2.90. The maximum atomic E-state index is 12.8. The van der Waals surface area contributed by atoms with Gasteiger partial charge in [0.15, 0.2) is 6.61 Å². The Labute approximate surface area is 180 Å². The molecule has 1 N–H and O–H groups in total. The van der Waals surface area contributed by atoms with E-state index in [-0.39, 0.29) is 29.8 Å². The summed E-state index contributed by atoms with van der Waals surface area (Å²) in [5.74, 6) is 1.27. The van der Waals surface area contributed by atoms with Crippen LogP contribution in [0, 0.1) is 6.92 Å². The molecule has 0 spiro atoms. The van der Waals surface area contributed by atoms with Crippen LogP contribution in [0.15, 0.2) is 57.7 Å². The molecular formula is C24H27NO6. The van der Waals surface area contributed by atoms with Crippen LogP contribution in [0.3, 0.4) is 0 Å². The molecule has 1 heterocycles. The Morgan fingerprint density at radius 1 is 1.10 bits per heavy atom. The van der Waals surface area contributed by atoms with Gasteiger partial charge in [0.05, 0.1) is 11.5 Å². The summed E-state index contributed by atoms with van der Waals surface area (Å²) in [5.41, 5.74) is 0.0992. The molecular weight excluding hydrogens is 398 g/mol. The second-order valence-electron chi connectivity index (χ2n) is 7.30. The van der Waals surface area contributed by atoms with Crippen molar-refractivity contribution in [3.8, 4) is 17.2 Å². The molecule has 1 amide bonds. The number of benzene rings is 2. The fourth-order valence-electron chi connectivity index (χ4n) is 2.90. The second kappa shape index (κ2) is 10.6. The molecule has 0 aliphatic heterocycles. The number of hydrogen-bond acceptors (Lipinski definition) is 6. The van der Waals surface area contributed by atoms with E-state index in [2.05, 4.69) is 5.32 Å². The summed E-state index contributed by atoms with van der Waals surface area (Å²) in [4.78, 5) is 24.8. The van der Waals surface area contributed by atoms with Crippen molar-refractivity contribution < 1.29 is 23.4 Å². The number of aryl methyl sites for hydroxylation is 1. The van der Waals surface area contributed by atoms with E-state index in [1.807, 2.05) is 32.0 Å². The summed E-state index contributed by atoms with van der Waals surface area (Å²) in [6.07, 6.45) is 0.911. The molecule has 164 valence electrons. The van der Waals surface area contributed by atoms with Crippen molar-refractivity contribution in [1.29, 1.82) is 0 Å². The minimum atomic E-state index is -0.268. The van der Waals surface area contributed by atoms with Gasteiger partial charge < -0.3 is 23.9 Å². The van der Waals surface area contributed by atoms with Gasteiger partial charge in [-0.2, -0.15) is 0 Å².